The third-order valence-corrected chi connectivity index (χ3v) is 4.82. The zero-order valence-electron chi connectivity index (χ0n) is 14.7. The third kappa shape index (κ3) is 3.04. The average molecular weight is 337 g/mol. The van der Waals surface area contributed by atoms with E-state index in [-0.39, 0.29) is 11.7 Å². The van der Waals surface area contributed by atoms with Crippen molar-refractivity contribution in [2.45, 2.75) is 39.3 Å². The molecule has 130 valence electrons. The topological polar surface area (TPSA) is 62.5 Å². The minimum Gasteiger partial charge on any atom is -0.343 e. The van der Waals surface area contributed by atoms with E-state index >= 15 is 0 Å². The minimum atomic E-state index is -0.380. The molecule has 0 amide bonds. The van der Waals surface area contributed by atoms with E-state index in [1.807, 2.05) is 19.1 Å². The van der Waals surface area contributed by atoms with E-state index in [1.165, 1.54) is 24.8 Å². The lowest BCUT2D eigenvalue weighted by atomic mass is 10.1. The van der Waals surface area contributed by atoms with Crippen molar-refractivity contribution in [2.24, 2.45) is 4.99 Å². The summed E-state index contributed by atoms with van der Waals surface area (Å²) in [7, 11) is 0. The number of piperidine rings is 1. The predicted molar refractivity (Wildman–Crippen MR) is 99.0 cm³/mol. The lowest BCUT2D eigenvalue weighted by Gasteiger charge is -2.34. The van der Waals surface area contributed by atoms with Crippen LogP contribution in [0.15, 0.2) is 40.1 Å². The van der Waals surface area contributed by atoms with Gasteiger partial charge in [-0.05, 0) is 38.7 Å². The van der Waals surface area contributed by atoms with Crippen molar-refractivity contribution in [3.8, 4) is 0 Å². The van der Waals surface area contributed by atoms with Crippen LogP contribution in [0.25, 0.3) is 0 Å². The molecule has 6 nitrogen and oxygen atoms in total. The molecule has 0 aliphatic carbocycles. The fourth-order valence-electron chi connectivity index (χ4n) is 3.46. The molecule has 2 aliphatic rings. The Morgan fingerprint density at radius 2 is 1.80 bits per heavy atom. The Hall–Kier alpha value is -2.63. The van der Waals surface area contributed by atoms with Gasteiger partial charge in [0.1, 0.15) is 0 Å². The number of aliphatic imine (C=N–C) groups is 1. The molecule has 1 fully saturated rings. The summed E-state index contributed by atoms with van der Waals surface area (Å²) < 4.78 is 1.64. The lowest BCUT2D eigenvalue weighted by Crippen LogP contribution is -2.45. The number of anilines is 1. The van der Waals surface area contributed by atoms with Crippen molar-refractivity contribution in [3.63, 3.8) is 0 Å². The first kappa shape index (κ1) is 15.9. The van der Waals surface area contributed by atoms with Crippen molar-refractivity contribution in [2.75, 3.05) is 18.4 Å². The summed E-state index contributed by atoms with van der Waals surface area (Å²) in [5, 5.41) is 3.29. The van der Waals surface area contributed by atoms with Crippen LogP contribution in [0.1, 0.15) is 42.2 Å². The van der Waals surface area contributed by atoms with Gasteiger partial charge in [0.05, 0.1) is 0 Å². The molecule has 0 unspecified atom stereocenters. The van der Waals surface area contributed by atoms with Crippen LogP contribution in [-0.2, 0) is 0 Å². The summed E-state index contributed by atoms with van der Waals surface area (Å²) in [5.74, 6) is 1.40. The van der Waals surface area contributed by atoms with Gasteiger partial charge in [-0.3, -0.25) is 14.7 Å². The van der Waals surface area contributed by atoms with Gasteiger partial charge in [-0.25, -0.2) is 9.98 Å². The van der Waals surface area contributed by atoms with Crippen LogP contribution in [0.5, 0.6) is 0 Å². The maximum absolute atomic E-state index is 12.6. The molecule has 0 spiro atoms. The normalized spacial score (nSPS) is 19.8. The zero-order valence-corrected chi connectivity index (χ0v) is 14.7. The van der Waals surface area contributed by atoms with Crippen LogP contribution in [0.3, 0.4) is 0 Å². The van der Waals surface area contributed by atoms with Gasteiger partial charge >= 0.3 is 0 Å². The van der Waals surface area contributed by atoms with Gasteiger partial charge in [-0.15, -0.1) is 0 Å². The molecule has 1 aromatic heterocycles. The van der Waals surface area contributed by atoms with Crippen LogP contribution in [0.2, 0.25) is 0 Å². The van der Waals surface area contributed by atoms with E-state index in [0.29, 0.717) is 11.6 Å². The Labute approximate surface area is 147 Å². The van der Waals surface area contributed by atoms with E-state index in [9.17, 15) is 4.79 Å². The van der Waals surface area contributed by atoms with E-state index < -0.39 is 0 Å². The number of hydrogen-bond acceptors (Lipinski definition) is 5. The van der Waals surface area contributed by atoms with Gasteiger partial charge in [0.25, 0.3) is 5.56 Å². The SMILES string of the molecule is Cc1ccc([C@H]2N=C(N3CCCCC3)Nc3nc(C)cc(=O)n32)cc1. The minimum absolute atomic E-state index is 0.0815. The first-order valence-electron chi connectivity index (χ1n) is 8.88. The maximum Gasteiger partial charge on any atom is 0.257 e. The Morgan fingerprint density at radius 3 is 2.52 bits per heavy atom. The van der Waals surface area contributed by atoms with Crippen molar-refractivity contribution in [3.05, 3.63) is 57.5 Å². The predicted octanol–water partition coefficient (Wildman–Crippen LogP) is 2.67. The number of nitrogens with one attached hydrogen (secondary N) is 1. The second-order valence-electron chi connectivity index (χ2n) is 6.84. The molecular formula is C19H23N5O. The van der Waals surface area contributed by atoms with Gasteiger partial charge in [0.2, 0.25) is 11.9 Å². The first-order chi connectivity index (χ1) is 12.1. The molecule has 1 aromatic carbocycles. The van der Waals surface area contributed by atoms with E-state index in [2.05, 4.69) is 34.3 Å². The van der Waals surface area contributed by atoms with E-state index in [4.69, 9.17) is 4.99 Å². The highest BCUT2D eigenvalue weighted by atomic mass is 16.1. The second kappa shape index (κ2) is 6.35. The Kier molecular flexibility index (Phi) is 4.03. The van der Waals surface area contributed by atoms with Crippen LogP contribution in [-0.4, -0.2) is 33.5 Å². The highest BCUT2D eigenvalue weighted by Gasteiger charge is 2.27. The summed E-state index contributed by atoms with van der Waals surface area (Å²) in [6.45, 7) is 5.88. The molecule has 1 atom stereocenters. The highest BCUT2D eigenvalue weighted by molar-refractivity contribution is 5.93. The van der Waals surface area contributed by atoms with Crippen molar-refractivity contribution in [1.29, 1.82) is 0 Å². The highest BCUT2D eigenvalue weighted by Crippen LogP contribution is 2.27. The molecule has 1 N–H and O–H groups in total. The number of benzene rings is 1. The standard InChI is InChI=1S/C19H23N5O/c1-13-6-8-15(9-7-13)17-21-18(23-10-4-3-5-11-23)22-19-20-14(2)12-16(25)24(17)19/h6-9,12,17H,3-5,10-11H2,1-2H3,(H,20,21,22)/t17-/m0/s1. The van der Waals surface area contributed by atoms with Gasteiger partial charge in [-0.1, -0.05) is 29.8 Å². The van der Waals surface area contributed by atoms with Crippen LogP contribution in [0.4, 0.5) is 5.95 Å². The molecule has 0 saturated carbocycles. The number of nitrogens with zero attached hydrogens (tertiary/aromatic N) is 4. The quantitative estimate of drug-likeness (QED) is 0.869. The summed E-state index contributed by atoms with van der Waals surface area (Å²) in [6.07, 6.45) is 3.22. The largest absolute Gasteiger partial charge is 0.343 e. The van der Waals surface area contributed by atoms with Gasteiger partial charge in [-0.2, -0.15) is 0 Å². The molecule has 0 radical (unpaired) electrons. The Bertz CT molecular complexity index is 862. The number of guanidine groups is 1. The van der Waals surface area contributed by atoms with E-state index in [0.717, 1.165) is 24.6 Å². The van der Waals surface area contributed by atoms with Crippen LogP contribution >= 0.6 is 0 Å². The molecule has 1 saturated heterocycles. The lowest BCUT2D eigenvalue weighted by molar-refractivity contribution is 0.335. The molecule has 25 heavy (non-hydrogen) atoms. The van der Waals surface area contributed by atoms with Crippen molar-refractivity contribution < 1.29 is 0 Å². The number of hydrogen-bond donors (Lipinski definition) is 1. The third-order valence-electron chi connectivity index (χ3n) is 4.82. The average Bonchev–Trinajstić information content (AvgIpc) is 2.62. The van der Waals surface area contributed by atoms with Gasteiger partial charge in [0, 0.05) is 24.8 Å². The Morgan fingerprint density at radius 1 is 1.08 bits per heavy atom. The summed E-state index contributed by atoms with van der Waals surface area (Å²) in [4.78, 5) is 24.3. The first-order valence-corrected chi connectivity index (χ1v) is 8.88. The smallest absolute Gasteiger partial charge is 0.257 e. The fraction of sp³-hybridized carbons (Fsp3) is 0.421. The molecule has 6 heteroatoms. The number of likely N-dealkylation sites (tertiary alicyclic amines) is 1. The molecule has 4 rings (SSSR count). The summed E-state index contributed by atoms with van der Waals surface area (Å²) in [5.41, 5.74) is 2.82. The number of fused-ring (bicyclic) bond motifs is 1. The number of aryl methyl sites for hydroxylation is 2. The molecule has 3 heterocycles. The van der Waals surface area contributed by atoms with Gasteiger partial charge < -0.3 is 4.90 Å². The van der Waals surface area contributed by atoms with E-state index in [1.54, 1.807) is 10.6 Å². The molecule has 2 aliphatic heterocycles. The zero-order chi connectivity index (χ0) is 17.4. The van der Waals surface area contributed by atoms with Crippen LogP contribution in [0, 0.1) is 13.8 Å². The monoisotopic (exact) mass is 337 g/mol. The molecular weight excluding hydrogens is 314 g/mol. The number of rotatable bonds is 1. The second-order valence-corrected chi connectivity index (χ2v) is 6.84. The van der Waals surface area contributed by atoms with Crippen molar-refractivity contribution >= 4 is 11.9 Å². The van der Waals surface area contributed by atoms with Crippen LogP contribution < -0.4 is 10.9 Å². The van der Waals surface area contributed by atoms with Gasteiger partial charge in [0.15, 0.2) is 6.17 Å². The van der Waals surface area contributed by atoms with Crippen molar-refractivity contribution in [1.82, 2.24) is 14.5 Å². The fourth-order valence-corrected chi connectivity index (χ4v) is 3.46. The summed E-state index contributed by atoms with van der Waals surface area (Å²) >= 11 is 0. The maximum atomic E-state index is 12.6. The molecule has 2 aromatic rings. The number of aromatic nitrogens is 2. The summed E-state index contributed by atoms with van der Waals surface area (Å²) in [6, 6.07) is 9.75. The molecule has 0 bridgehead atoms. The Balaban J connectivity index is 1.82.